The molecule has 3 N–H and O–H groups in total. The zero-order chi connectivity index (χ0) is 33.4. The van der Waals surface area contributed by atoms with Crippen molar-refractivity contribution in [1.29, 1.82) is 0 Å². The van der Waals surface area contributed by atoms with E-state index in [9.17, 15) is 45.5 Å². The molecule has 2 amide bonds. The van der Waals surface area contributed by atoms with E-state index < -0.39 is 55.8 Å². The summed E-state index contributed by atoms with van der Waals surface area (Å²) >= 11 is 0. The molecular formula is C31H26F4N2O8S. The standard InChI is InChI=1S/C31H26F4N2O8S/c1-44-24-14-23(32)25(45-15-16-4-2-5-19(10-16)30(40)41)13-22(24)28(38)37-27-18-9-8-17(11-18)26(27)29(39)36-20-6-3-7-21(12-20)46(42,43)31(33,34)35/h2-10,12-14,17-18,26-27H,11,15H2,1H3,(H,36,39)(H,37,38)(H,40,41)/t17-,18+,26+,27-/m1/s1. The van der Waals surface area contributed by atoms with E-state index in [2.05, 4.69) is 10.6 Å². The van der Waals surface area contributed by atoms with Gasteiger partial charge in [0.05, 0.1) is 29.1 Å². The fourth-order valence-corrected chi connectivity index (χ4v) is 6.46. The molecule has 0 radical (unpaired) electrons. The number of carboxylic acid groups (broad SMARTS) is 1. The Bertz CT molecular complexity index is 1840. The van der Waals surface area contributed by atoms with Gasteiger partial charge in [0, 0.05) is 17.8 Å². The summed E-state index contributed by atoms with van der Waals surface area (Å²) in [6, 6.07) is 10.9. The Morgan fingerprint density at radius 1 is 0.978 bits per heavy atom. The van der Waals surface area contributed by atoms with Crippen molar-refractivity contribution in [2.45, 2.75) is 29.5 Å². The van der Waals surface area contributed by atoms with Crippen LogP contribution in [0, 0.1) is 23.6 Å². The lowest BCUT2D eigenvalue weighted by Gasteiger charge is -2.28. The summed E-state index contributed by atoms with van der Waals surface area (Å²) in [5.41, 5.74) is -5.38. The third-order valence-electron chi connectivity index (χ3n) is 7.84. The van der Waals surface area contributed by atoms with Gasteiger partial charge in [-0.15, -0.1) is 0 Å². The molecule has 15 heteroatoms. The first-order valence-electron chi connectivity index (χ1n) is 13.7. The number of methoxy groups -OCH3 is 1. The first-order valence-corrected chi connectivity index (χ1v) is 15.2. The van der Waals surface area contributed by atoms with Crippen LogP contribution in [0.15, 0.2) is 77.7 Å². The number of hydrogen-bond donors (Lipinski definition) is 3. The summed E-state index contributed by atoms with van der Waals surface area (Å²) in [4.78, 5) is 37.1. The molecule has 0 aliphatic heterocycles. The van der Waals surface area contributed by atoms with E-state index >= 15 is 0 Å². The number of sulfone groups is 1. The number of allylic oxidation sites excluding steroid dienone is 1. The van der Waals surface area contributed by atoms with Gasteiger partial charge < -0.3 is 25.2 Å². The van der Waals surface area contributed by atoms with E-state index in [-0.39, 0.29) is 46.8 Å². The van der Waals surface area contributed by atoms with Crippen LogP contribution in [0.5, 0.6) is 11.5 Å². The molecule has 46 heavy (non-hydrogen) atoms. The molecule has 0 saturated heterocycles. The third kappa shape index (κ3) is 6.40. The van der Waals surface area contributed by atoms with Gasteiger partial charge in [0.25, 0.3) is 15.7 Å². The minimum absolute atomic E-state index is 0.00826. The van der Waals surface area contributed by atoms with Crippen molar-refractivity contribution in [3.05, 3.63) is 95.3 Å². The maximum Gasteiger partial charge on any atom is 0.501 e. The highest BCUT2D eigenvalue weighted by molar-refractivity contribution is 7.92. The Morgan fingerprint density at radius 2 is 1.70 bits per heavy atom. The number of anilines is 1. The van der Waals surface area contributed by atoms with Crippen molar-refractivity contribution in [3.63, 3.8) is 0 Å². The normalized spacial score (nSPS) is 20.3. The smallest absolute Gasteiger partial charge is 0.496 e. The van der Waals surface area contributed by atoms with Crippen LogP contribution >= 0.6 is 0 Å². The maximum absolute atomic E-state index is 14.9. The van der Waals surface area contributed by atoms with Crippen LogP contribution in [0.1, 0.15) is 32.7 Å². The summed E-state index contributed by atoms with van der Waals surface area (Å²) in [6.45, 7) is -0.212. The largest absolute Gasteiger partial charge is 0.501 e. The highest BCUT2D eigenvalue weighted by Gasteiger charge is 2.49. The number of carbonyl (C=O) groups excluding carboxylic acids is 2. The number of hydrogen-bond acceptors (Lipinski definition) is 7. The summed E-state index contributed by atoms with van der Waals surface area (Å²) in [6.07, 6.45) is 4.12. The summed E-state index contributed by atoms with van der Waals surface area (Å²) < 4.78 is 88.5. The molecule has 0 spiro atoms. The van der Waals surface area contributed by atoms with Crippen LogP contribution in [-0.2, 0) is 21.2 Å². The van der Waals surface area contributed by atoms with Crippen LogP contribution in [0.25, 0.3) is 0 Å². The zero-order valence-corrected chi connectivity index (χ0v) is 24.7. The number of carbonyl (C=O) groups is 3. The fourth-order valence-electron chi connectivity index (χ4n) is 5.65. The molecule has 5 rings (SSSR count). The third-order valence-corrected chi connectivity index (χ3v) is 9.33. The molecule has 3 aromatic rings. The number of fused-ring (bicyclic) bond motifs is 2. The number of rotatable bonds is 10. The second kappa shape index (κ2) is 12.5. The molecule has 4 atom stereocenters. The van der Waals surface area contributed by atoms with E-state index in [1.165, 1.54) is 31.4 Å². The zero-order valence-electron chi connectivity index (χ0n) is 23.9. The molecular weight excluding hydrogens is 636 g/mol. The number of aromatic carboxylic acids is 1. The first-order chi connectivity index (χ1) is 21.7. The van der Waals surface area contributed by atoms with Crippen molar-refractivity contribution in [2.24, 2.45) is 17.8 Å². The summed E-state index contributed by atoms with van der Waals surface area (Å²) in [5, 5.41) is 14.5. The summed E-state index contributed by atoms with van der Waals surface area (Å²) in [7, 11) is -4.42. The Labute approximate surface area is 259 Å². The van der Waals surface area contributed by atoms with Gasteiger partial charge >= 0.3 is 11.5 Å². The maximum atomic E-state index is 14.9. The SMILES string of the molecule is COc1cc(F)c(OCc2cccc(C(=O)O)c2)cc1C(=O)N[C@H]1[C@@H](C(=O)Nc2cccc(S(=O)(=O)C(F)(F)F)c2)[C@@H]2C=C[C@H]1C2. The van der Waals surface area contributed by atoms with Gasteiger partial charge in [-0.1, -0.05) is 30.4 Å². The second-order valence-corrected chi connectivity index (χ2v) is 12.7. The Hall–Kier alpha value is -4.92. The van der Waals surface area contributed by atoms with E-state index in [4.69, 9.17) is 9.47 Å². The molecule has 2 aliphatic carbocycles. The number of ether oxygens (including phenoxy) is 2. The average Bonchev–Trinajstić information content (AvgIpc) is 3.62. The van der Waals surface area contributed by atoms with Crippen LogP contribution in [0.3, 0.4) is 0 Å². The molecule has 1 fully saturated rings. The van der Waals surface area contributed by atoms with E-state index in [0.29, 0.717) is 18.1 Å². The molecule has 0 unspecified atom stereocenters. The predicted octanol–water partition coefficient (Wildman–Crippen LogP) is 4.96. The molecule has 10 nitrogen and oxygen atoms in total. The Morgan fingerprint density at radius 3 is 2.39 bits per heavy atom. The van der Waals surface area contributed by atoms with Gasteiger partial charge in [0.1, 0.15) is 12.4 Å². The van der Waals surface area contributed by atoms with E-state index in [0.717, 1.165) is 24.3 Å². The highest BCUT2D eigenvalue weighted by atomic mass is 32.2. The molecule has 0 heterocycles. The van der Waals surface area contributed by atoms with Gasteiger partial charge in [0.15, 0.2) is 11.6 Å². The minimum atomic E-state index is -5.65. The molecule has 2 aliphatic rings. The number of amides is 2. The van der Waals surface area contributed by atoms with Crippen molar-refractivity contribution < 1.29 is 54.9 Å². The number of halogens is 4. The quantitative estimate of drug-likeness (QED) is 0.204. The molecule has 3 aromatic carbocycles. The van der Waals surface area contributed by atoms with Gasteiger partial charge in [-0.3, -0.25) is 9.59 Å². The lowest BCUT2D eigenvalue weighted by Crippen LogP contribution is -2.47. The van der Waals surface area contributed by atoms with Crippen molar-refractivity contribution in [3.8, 4) is 11.5 Å². The fraction of sp³-hybridized carbons (Fsp3) is 0.258. The average molecular weight is 663 g/mol. The topological polar surface area (TPSA) is 148 Å². The van der Waals surface area contributed by atoms with E-state index in [1.807, 2.05) is 6.08 Å². The van der Waals surface area contributed by atoms with Crippen molar-refractivity contribution in [1.82, 2.24) is 5.32 Å². The van der Waals surface area contributed by atoms with Gasteiger partial charge in [-0.05, 0) is 60.2 Å². The minimum Gasteiger partial charge on any atom is -0.496 e. The van der Waals surface area contributed by atoms with E-state index in [1.54, 1.807) is 12.1 Å². The lowest BCUT2D eigenvalue weighted by atomic mass is 9.87. The lowest BCUT2D eigenvalue weighted by molar-refractivity contribution is -0.121. The second-order valence-electron chi connectivity index (χ2n) is 10.7. The highest BCUT2D eigenvalue weighted by Crippen LogP contribution is 2.45. The van der Waals surface area contributed by atoms with Crippen LogP contribution in [-0.4, -0.2) is 50.0 Å². The molecule has 0 aromatic heterocycles. The Kier molecular flexibility index (Phi) is 8.80. The van der Waals surface area contributed by atoms with Crippen LogP contribution in [0.4, 0.5) is 23.2 Å². The van der Waals surface area contributed by atoms with Crippen molar-refractivity contribution in [2.75, 3.05) is 12.4 Å². The number of benzene rings is 3. The number of nitrogens with one attached hydrogen (secondary N) is 2. The van der Waals surface area contributed by atoms with Crippen LogP contribution in [0.2, 0.25) is 0 Å². The number of carboxylic acids is 1. The molecule has 2 bridgehead atoms. The Balaban J connectivity index is 1.34. The molecule has 242 valence electrons. The summed E-state index contributed by atoms with van der Waals surface area (Å²) in [5.74, 6) is -5.29. The van der Waals surface area contributed by atoms with Crippen LogP contribution < -0.4 is 20.1 Å². The first kappa shape index (κ1) is 32.5. The van der Waals surface area contributed by atoms with Crippen molar-refractivity contribution >= 4 is 33.3 Å². The monoisotopic (exact) mass is 662 g/mol. The molecule has 1 saturated carbocycles. The predicted molar refractivity (Wildman–Crippen MR) is 154 cm³/mol. The van der Waals surface area contributed by atoms with Gasteiger partial charge in [-0.25, -0.2) is 17.6 Å². The number of alkyl halides is 3. The van der Waals surface area contributed by atoms with Gasteiger partial charge in [0.2, 0.25) is 5.91 Å². The van der Waals surface area contributed by atoms with Gasteiger partial charge in [-0.2, -0.15) is 13.2 Å².